The largest absolute Gasteiger partial charge is 0.325 e. The van der Waals surface area contributed by atoms with E-state index in [0.29, 0.717) is 6.42 Å². The molecule has 94 valence electrons. The van der Waals surface area contributed by atoms with Crippen molar-refractivity contribution in [1.29, 1.82) is 0 Å². The molecule has 1 rings (SSSR count). The van der Waals surface area contributed by atoms with Gasteiger partial charge in [-0.15, -0.1) is 11.6 Å². The van der Waals surface area contributed by atoms with Crippen molar-refractivity contribution >= 4 is 17.5 Å². The zero-order chi connectivity index (χ0) is 12.8. The molecular weight excluding hydrogens is 244 g/mol. The van der Waals surface area contributed by atoms with Gasteiger partial charge in [0.2, 0.25) is 0 Å². The van der Waals surface area contributed by atoms with Gasteiger partial charge in [-0.2, -0.15) is 0 Å². The number of aromatic amines is 1. The number of aromatic nitrogens is 1. The van der Waals surface area contributed by atoms with Crippen molar-refractivity contribution in [1.82, 2.24) is 10.5 Å². The van der Waals surface area contributed by atoms with Crippen molar-refractivity contribution in [2.45, 2.75) is 20.3 Å². The molecule has 0 aliphatic rings. The smallest absolute Gasteiger partial charge is 0.280 e. The van der Waals surface area contributed by atoms with Crippen molar-refractivity contribution in [3.63, 3.8) is 0 Å². The molecule has 0 fully saturated rings. The molecule has 1 aromatic rings. The molecule has 0 bridgehead atoms. The van der Waals surface area contributed by atoms with Gasteiger partial charge in [-0.25, -0.2) is 5.48 Å². The van der Waals surface area contributed by atoms with Gasteiger partial charge in [0.05, 0.1) is 6.61 Å². The first-order valence-corrected chi connectivity index (χ1v) is 5.84. The van der Waals surface area contributed by atoms with Crippen molar-refractivity contribution in [3.8, 4) is 0 Å². The monoisotopic (exact) mass is 258 g/mol. The van der Waals surface area contributed by atoms with Gasteiger partial charge in [-0.3, -0.25) is 14.4 Å². The average Bonchev–Trinajstić information content (AvgIpc) is 2.31. The molecule has 1 heterocycles. The summed E-state index contributed by atoms with van der Waals surface area (Å²) in [4.78, 5) is 30.7. The number of hydrogen-bond donors (Lipinski definition) is 2. The maximum Gasteiger partial charge on any atom is 0.280 e. The predicted molar refractivity (Wildman–Crippen MR) is 65.3 cm³/mol. The lowest BCUT2D eigenvalue weighted by Gasteiger charge is -2.07. The summed E-state index contributed by atoms with van der Waals surface area (Å²) in [7, 11) is 0. The second-order valence-electron chi connectivity index (χ2n) is 3.50. The average molecular weight is 259 g/mol. The maximum absolute atomic E-state index is 11.6. The zero-order valence-corrected chi connectivity index (χ0v) is 10.6. The fourth-order valence-corrected chi connectivity index (χ4v) is 1.50. The zero-order valence-electron chi connectivity index (χ0n) is 9.80. The first kappa shape index (κ1) is 13.7. The molecule has 0 unspecified atom stereocenters. The molecule has 0 atom stereocenters. The van der Waals surface area contributed by atoms with E-state index in [9.17, 15) is 9.59 Å². The quantitative estimate of drug-likeness (QED) is 0.473. The fraction of sp³-hybridized carbons (Fsp3) is 0.455. The van der Waals surface area contributed by atoms with Crippen molar-refractivity contribution < 1.29 is 9.63 Å². The molecule has 1 amide bonds. The number of nitrogens with one attached hydrogen (secondary N) is 2. The highest BCUT2D eigenvalue weighted by Crippen LogP contribution is 2.04. The Labute approximate surface area is 104 Å². The molecule has 0 saturated carbocycles. The third-order valence-electron chi connectivity index (χ3n) is 2.29. The summed E-state index contributed by atoms with van der Waals surface area (Å²) in [6, 6.07) is 1.55. The van der Waals surface area contributed by atoms with Crippen LogP contribution in [0, 0.1) is 6.92 Å². The van der Waals surface area contributed by atoms with E-state index >= 15 is 0 Å². The van der Waals surface area contributed by atoms with Gasteiger partial charge in [-0.1, -0.05) is 6.92 Å². The van der Waals surface area contributed by atoms with Crippen LogP contribution in [0.25, 0.3) is 0 Å². The standard InChI is InChI=1S/C11H15ClN2O3/c1-3-9-7(2)6-8(10(15)13-9)11(16)14-17-5-4-12/h6H,3-5H2,1-2H3,(H,13,15)(H,14,16). The van der Waals surface area contributed by atoms with E-state index in [1.54, 1.807) is 6.07 Å². The third kappa shape index (κ3) is 3.57. The number of rotatable bonds is 5. The molecule has 5 nitrogen and oxygen atoms in total. The van der Waals surface area contributed by atoms with Crippen LogP contribution in [0.4, 0.5) is 0 Å². The Bertz CT molecular complexity index is 457. The molecule has 0 aliphatic heterocycles. The molecule has 17 heavy (non-hydrogen) atoms. The predicted octanol–water partition coefficient (Wildman–Crippen LogP) is 1.15. The number of carbonyl (C=O) groups is 1. The van der Waals surface area contributed by atoms with Gasteiger partial charge in [-0.05, 0) is 25.0 Å². The summed E-state index contributed by atoms with van der Waals surface area (Å²) in [5.74, 6) is -0.299. The molecule has 6 heteroatoms. The Kier molecular flexibility index (Phi) is 5.18. The molecular formula is C11H15ClN2O3. The summed E-state index contributed by atoms with van der Waals surface area (Å²) < 4.78 is 0. The number of pyridine rings is 1. The van der Waals surface area contributed by atoms with E-state index in [2.05, 4.69) is 10.5 Å². The highest BCUT2D eigenvalue weighted by molar-refractivity contribution is 6.17. The van der Waals surface area contributed by atoms with E-state index < -0.39 is 11.5 Å². The lowest BCUT2D eigenvalue weighted by molar-refractivity contribution is 0.0370. The van der Waals surface area contributed by atoms with Crippen LogP contribution >= 0.6 is 11.6 Å². The van der Waals surface area contributed by atoms with Crippen LogP contribution in [0.5, 0.6) is 0 Å². The van der Waals surface area contributed by atoms with Crippen LogP contribution < -0.4 is 11.0 Å². The van der Waals surface area contributed by atoms with Gasteiger partial charge in [0, 0.05) is 11.6 Å². The maximum atomic E-state index is 11.6. The molecule has 0 aliphatic carbocycles. The number of alkyl halides is 1. The van der Waals surface area contributed by atoms with E-state index in [0.717, 1.165) is 11.3 Å². The van der Waals surface area contributed by atoms with Crippen LogP contribution in [0.2, 0.25) is 0 Å². The number of carbonyl (C=O) groups excluding carboxylic acids is 1. The Morgan fingerprint density at radius 2 is 2.29 bits per heavy atom. The number of H-pyrrole nitrogens is 1. The Morgan fingerprint density at radius 3 is 2.88 bits per heavy atom. The second kappa shape index (κ2) is 6.42. The summed E-state index contributed by atoms with van der Waals surface area (Å²) in [6.07, 6.45) is 0.714. The van der Waals surface area contributed by atoms with Gasteiger partial charge < -0.3 is 4.98 Å². The van der Waals surface area contributed by atoms with Crippen LogP contribution in [-0.2, 0) is 11.3 Å². The Balaban J connectivity index is 2.87. The minimum atomic E-state index is -0.567. The van der Waals surface area contributed by atoms with Gasteiger partial charge in [0.15, 0.2) is 0 Å². The topological polar surface area (TPSA) is 71.2 Å². The molecule has 0 radical (unpaired) electrons. The number of hydroxylamine groups is 1. The van der Waals surface area contributed by atoms with Crippen molar-refractivity contribution in [3.05, 3.63) is 33.2 Å². The summed E-state index contributed by atoms with van der Waals surface area (Å²) in [6.45, 7) is 3.96. The first-order valence-electron chi connectivity index (χ1n) is 5.31. The van der Waals surface area contributed by atoms with E-state index in [4.69, 9.17) is 16.4 Å². The minimum Gasteiger partial charge on any atom is -0.325 e. The molecule has 0 saturated heterocycles. The van der Waals surface area contributed by atoms with Crippen LogP contribution in [0.1, 0.15) is 28.5 Å². The molecule has 0 aromatic carbocycles. The highest BCUT2D eigenvalue weighted by Gasteiger charge is 2.12. The van der Waals surface area contributed by atoms with Crippen LogP contribution in [0.15, 0.2) is 10.9 Å². The van der Waals surface area contributed by atoms with E-state index in [1.807, 2.05) is 13.8 Å². The summed E-state index contributed by atoms with van der Waals surface area (Å²) in [5.41, 5.74) is 3.48. The SMILES string of the molecule is CCc1[nH]c(=O)c(C(=O)NOCCCl)cc1C. The highest BCUT2D eigenvalue weighted by atomic mass is 35.5. The molecule has 2 N–H and O–H groups in total. The van der Waals surface area contributed by atoms with Crippen LogP contribution in [0.3, 0.4) is 0 Å². The third-order valence-corrected chi connectivity index (χ3v) is 2.44. The lowest BCUT2D eigenvalue weighted by Crippen LogP contribution is -2.31. The molecule has 0 spiro atoms. The van der Waals surface area contributed by atoms with Crippen molar-refractivity contribution in [2.24, 2.45) is 0 Å². The number of aryl methyl sites for hydroxylation is 2. The van der Waals surface area contributed by atoms with Gasteiger partial charge >= 0.3 is 0 Å². The second-order valence-corrected chi connectivity index (χ2v) is 3.87. The van der Waals surface area contributed by atoms with E-state index in [-0.39, 0.29) is 18.1 Å². The summed E-state index contributed by atoms with van der Waals surface area (Å²) >= 11 is 5.38. The number of hydrogen-bond acceptors (Lipinski definition) is 3. The van der Waals surface area contributed by atoms with E-state index in [1.165, 1.54) is 0 Å². The first-order chi connectivity index (χ1) is 8.10. The normalized spacial score (nSPS) is 10.3. The Morgan fingerprint density at radius 1 is 1.59 bits per heavy atom. The van der Waals surface area contributed by atoms with Gasteiger partial charge in [0.25, 0.3) is 11.5 Å². The fourth-order valence-electron chi connectivity index (χ4n) is 1.42. The molecule has 1 aromatic heterocycles. The Hall–Kier alpha value is -1.33. The van der Waals surface area contributed by atoms with Crippen LogP contribution in [-0.4, -0.2) is 23.4 Å². The minimum absolute atomic E-state index is 0.0364. The lowest BCUT2D eigenvalue weighted by atomic mass is 10.1. The van der Waals surface area contributed by atoms with Gasteiger partial charge in [0.1, 0.15) is 5.56 Å². The number of amides is 1. The summed E-state index contributed by atoms with van der Waals surface area (Å²) in [5, 5.41) is 0. The van der Waals surface area contributed by atoms with Crippen molar-refractivity contribution in [2.75, 3.05) is 12.5 Å². The number of halogens is 1.